The summed E-state index contributed by atoms with van der Waals surface area (Å²) >= 11 is 3.43. The lowest BCUT2D eigenvalue weighted by Crippen LogP contribution is -2.31. The fourth-order valence-electron chi connectivity index (χ4n) is 2.54. The van der Waals surface area contributed by atoms with Gasteiger partial charge >= 0.3 is 0 Å². The van der Waals surface area contributed by atoms with E-state index in [0.29, 0.717) is 18.3 Å². The van der Waals surface area contributed by atoms with Gasteiger partial charge in [-0.25, -0.2) is 0 Å². The van der Waals surface area contributed by atoms with Gasteiger partial charge in [0.05, 0.1) is 13.2 Å². The largest absolute Gasteiger partial charge is 0.419 e. The van der Waals surface area contributed by atoms with E-state index < -0.39 is 0 Å². The Morgan fingerprint density at radius 1 is 1.40 bits per heavy atom. The van der Waals surface area contributed by atoms with Crippen molar-refractivity contribution in [2.24, 2.45) is 0 Å². The third-order valence-electron chi connectivity index (χ3n) is 3.59. The van der Waals surface area contributed by atoms with Crippen molar-refractivity contribution in [3.8, 4) is 11.5 Å². The number of rotatable bonds is 4. The zero-order chi connectivity index (χ0) is 13.9. The van der Waals surface area contributed by atoms with Crippen LogP contribution in [0.2, 0.25) is 0 Å². The van der Waals surface area contributed by atoms with Crippen LogP contribution in [0, 0.1) is 0 Å². The first-order valence-electron chi connectivity index (χ1n) is 6.69. The maximum Gasteiger partial charge on any atom is 0.247 e. The van der Waals surface area contributed by atoms with Crippen molar-refractivity contribution >= 4 is 15.9 Å². The van der Waals surface area contributed by atoms with Crippen molar-refractivity contribution in [1.29, 1.82) is 0 Å². The Bertz CT molecular complexity index is 587. The summed E-state index contributed by atoms with van der Waals surface area (Å²) in [7, 11) is 0. The minimum Gasteiger partial charge on any atom is -0.419 e. The fraction of sp³-hybridized carbons (Fsp3) is 0.429. The molecule has 5 nitrogen and oxygen atoms in total. The van der Waals surface area contributed by atoms with E-state index in [4.69, 9.17) is 4.42 Å². The maximum atomic E-state index is 9.31. The minimum atomic E-state index is 0.187. The van der Waals surface area contributed by atoms with Crippen LogP contribution in [-0.2, 0) is 6.54 Å². The van der Waals surface area contributed by atoms with E-state index in [1.54, 1.807) is 0 Å². The molecule has 0 spiro atoms. The lowest BCUT2D eigenvalue weighted by atomic mass is 10.2. The predicted octanol–water partition coefficient (Wildman–Crippen LogP) is 2.46. The molecule has 106 valence electrons. The number of hydrogen-bond acceptors (Lipinski definition) is 5. The molecule has 1 aromatic carbocycles. The summed E-state index contributed by atoms with van der Waals surface area (Å²) in [5.41, 5.74) is 0.901. The summed E-state index contributed by atoms with van der Waals surface area (Å²) in [5, 5.41) is 17.5. The Labute approximate surface area is 125 Å². The van der Waals surface area contributed by atoms with Crippen molar-refractivity contribution in [1.82, 2.24) is 15.1 Å². The molecule has 6 heteroatoms. The van der Waals surface area contributed by atoms with E-state index in [0.717, 1.165) is 29.4 Å². The molecule has 1 atom stereocenters. The number of halogens is 1. The monoisotopic (exact) mass is 337 g/mol. The molecule has 1 fully saturated rings. The van der Waals surface area contributed by atoms with Crippen molar-refractivity contribution in [2.45, 2.75) is 25.4 Å². The van der Waals surface area contributed by atoms with Crippen molar-refractivity contribution in [3.63, 3.8) is 0 Å². The molecular weight excluding hydrogens is 322 g/mol. The Morgan fingerprint density at radius 2 is 2.30 bits per heavy atom. The zero-order valence-corrected chi connectivity index (χ0v) is 12.6. The SMILES string of the molecule is OC[C@H]1CCCN1Cc1nnc(-c2cccc(Br)c2)o1. The topological polar surface area (TPSA) is 62.4 Å². The molecule has 1 saturated heterocycles. The summed E-state index contributed by atoms with van der Waals surface area (Å²) in [4.78, 5) is 2.19. The molecule has 0 unspecified atom stereocenters. The highest BCUT2D eigenvalue weighted by Crippen LogP contribution is 2.23. The number of aromatic nitrogens is 2. The predicted molar refractivity (Wildman–Crippen MR) is 78.0 cm³/mol. The smallest absolute Gasteiger partial charge is 0.247 e. The molecule has 3 rings (SSSR count). The quantitative estimate of drug-likeness (QED) is 0.928. The average molecular weight is 338 g/mol. The van der Waals surface area contributed by atoms with E-state index >= 15 is 0 Å². The molecule has 0 aliphatic carbocycles. The molecule has 1 N–H and O–H groups in total. The highest BCUT2D eigenvalue weighted by atomic mass is 79.9. The molecule has 2 heterocycles. The lowest BCUT2D eigenvalue weighted by Gasteiger charge is -2.20. The fourth-order valence-corrected chi connectivity index (χ4v) is 2.94. The Hall–Kier alpha value is -1.24. The second kappa shape index (κ2) is 6.03. The summed E-state index contributed by atoms with van der Waals surface area (Å²) in [6.07, 6.45) is 2.14. The highest BCUT2D eigenvalue weighted by molar-refractivity contribution is 9.10. The summed E-state index contributed by atoms with van der Waals surface area (Å²) < 4.78 is 6.69. The Morgan fingerprint density at radius 3 is 3.10 bits per heavy atom. The Balaban J connectivity index is 1.74. The summed E-state index contributed by atoms with van der Waals surface area (Å²) in [6.45, 7) is 1.76. The molecule has 2 aromatic rings. The number of hydrogen-bond donors (Lipinski definition) is 1. The van der Waals surface area contributed by atoms with Gasteiger partial charge in [0, 0.05) is 16.1 Å². The molecule has 1 aliphatic rings. The van der Waals surface area contributed by atoms with Gasteiger partial charge in [-0.15, -0.1) is 10.2 Å². The van der Waals surface area contributed by atoms with Crippen LogP contribution in [0.4, 0.5) is 0 Å². The van der Waals surface area contributed by atoms with Crippen molar-refractivity contribution < 1.29 is 9.52 Å². The first kappa shape index (κ1) is 13.7. The molecule has 1 aliphatic heterocycles. The summed E-state index contributed by atoms with van der Waals surface area (Å²) in [6, 6.07) is 8.00. The highest BCUT2D eigenvalue weighted by Gasteiger charge is 2.25. The van der Waals surface area contributed by atoms with Gasteiger partial charge in [-0.1, -0.05) is 22.0 Å². The van der Waals surface area contributed by atoms with Crippen LogP contribution in [0.5, 0.6) is 0 Å². The van der Waals surface area contributed by atoms with Gasteiger partial charge in [0.1, 0.15) is 0 Å². The van der Waals surface area contributed by atoms with Crippen molar-refractivity contribution in [2.75, 3.05) is 13.2 Å². The van der Waals surface area contributed by atoms with E-state index in [9.17, 15) is 5.11 Å². The molecular formula is C14H16BrN3O2. The van der Waals surface area contributed by atoms with Gasteiger partial charge < -0.3 is 9.52 Å². The van der Waals surface area contributed by atoms with E-state index in [1.165, 1.54) is 0 Å². The zero-order valence-electron chi connectivity index (χ0n) is 11.0. The molecule has 0 saturated carbocycles. The second-order valence-electron chi connectivity index (χ2n) is 4.96. The van der Waals surface area contributed by atoms with Crippen LogP contribution in [0.25, 0.3) is 11.5 Å². The van der Waals surface area contributed by atoms with E-state index in [-0.39, 0.29) is 12.6 Å². The minimum absolute atomic E-state index is 0.187. The van der Waals surface area contributed by atoms with Gasteiger partial charge in [-0.3, -0.25) is 4.90 Å². The normalized spacial score (nSPS) is 19.6. The molecule has 20 heavy (non-hydrogen) atoms. The lowest BCUT2D eigenvalue weighted by molar-refractivity contribution is 0.144. The number of likely N-dealkylation sites (tertiary alicyclic amines) is 1. The van der Waals surface area contributed by atoms with Gasteiger partial charge in [-0.05, 0) is 37.6 Å². The van der Waals surface area contributed by atoms with Gasteiger partial charge in [-0.2, -0.15) is 0 Å². The molecule has 0 bridgehead atoms. The maximum absolute atomic E-state index is 9.31. The van der Waals surface area contributed by atoms with Crippen LogP contribution in [0.3, 0.4) is 0 Å². The van der Waals surface area contributed by atoms with Crippen molar-refractivity contribution in [3.05, 3.63) is 34.6 Å². The molecule has 1 aromatic heterocycles. The first-order valence-corrected chi connectivity index (χ1v) is 7.49. The molecule has 0 amide bonds. The third-order valence-corrected chi connectivity index (χ3v) is 4.08. The number of nitrogens with zero attached hydrogens (tertiary/aromatic N) is 3. The van der Waals surface area contributed by atoms with E-state index in [2.05, 4.69) is 31.0 Å². The van der Waals surface area contributed by atoms with Crippen LogP contribution in [0.15, 0.2) is 33.2 Å². The van der Waals surface area contributed by atoms with E-state index in [1.807, 2.05) is 24.3 Å². The standard InChI is InChI=1S/C14H16BrN3O2/c15-11-4-1-3-10(7-11)14-17-16-13(20-14)8-18-6-2-5-12(18)9-19/h1,3-4,7,12,19H,2,5-6,8-9H2/t12-/m1/s1. The number of benzene rings is 1. The third kappa shape index (κ3) is 2.92. The van der Waals surface area contributed by atoms with Crippen LogP contribution < -0.4 is 0 Å². The van der Waals surface area contributed by atoms with Crippen LogP contribution in [0.1, 0.15) is 18.7 Å². The first-order chi connectivity index (χ1) is 9.76. The second-order valence-corrected chi connectivity index (χ2v) is 5.88. The number of aliphatic hydroxyl groups is 1. The van der Waals surface area contributed by atoms with Crippen LogP contribution in [-0.4, -0.2) is 39.4 Å². The summed E-state index contributed by atoms with van der Waals surface area (Å²) in [5.74, 6) is 1.13. The molecule has 0 radical (unpaired) electrons. The average Bonchev–Trinajstić information content (AvgIpc) is 3.08. The van der Waals surface area contributed by atoms with Gasteiger partial charge in [0.2, 0.25) is 11.8 Å². The van der Waals surface area contributed by atoms with Crippen LogP contribution >= 0.6 is 15.9 Å². The van der Waals surface area contributed by atoms with Gasteiger partial charge in [0.25, 0.3) is 0 Å². The number of aliphatic hydroxyl groups excluding tert-OH is 1. The van der Waals surface area contributed by atoms with Gasteiger partial charge in [0.15, 0.2) is 0 Å². The Kier molecular flexibility index (Phi) is 4.14.